The molecule has 2 rings (SSSR count). The molecule has 9 heteroatoms. The second-order valence-electron chi connectivity index (χ2n) is 6.32. The van der Waals surface area contributed by atoms with E-state index < -0.39 is 0 Å². The van der Waals surface area contributed by atoms with Crippen LogP contribution in [-0.2, 0) is 17.6 Å². The van der Waals surface area contributed by atoms with Crippen molar-refractivity contribution in [2.45, 2.75) is 52.5 Å². The molecule has 0 atom stereocenters. The van der Waals surface area contributed by atoms with Gasteiger partial charge < -0.3 is 20.3 Å². The first kappa shape index (κ1) is 23.9. The summed E-state index contributed by atoms with van der Waals surface area (Å²) in [5, 5.41) is 7.99. The highest BCUT2D eigenvalue weighted by molar-refractivity contribution is 14.0. The van der Waals surface area contributed by atoms with E-state index in [0.29, 0.717) is 25.7 Å². The van der Waals surface area contributed by atoms with Crippen molar-refractivity contribution in [1.82, 2.24) is 20.5 Å². The highest BCUT2D eigenvalue weighted by atomic mass is 127. The molecule has 1 aromatic heterocycles. The number of aliphatic imine (C=N–C) groups is 1. The van der Waals surface area contributed by atoms with E-state index in [9.17, 15) is 4.79 Å². The monoisotopic (exact) mass is 509 g/mol. The minimum Gasteiger partial charge on any atom is -0.450 e. The number of ether oxygens (including phenoxy) is 1. The zero-order valence-corrected chi connectivity index (χ0v) is 19.9. The molecule has 7 nitrogen and oxygen atoms in total. The Labute approximate surface area is 183 Å². The van der Waals surface area contributed by atoms with Crippen molar-refractivity contribution >= 4 is 47.4 Å². The zero-order valence-electron chi connectivity index (χ0n) is 16.7. The topological polar surface area (TPSA) is 78.8 Å². The minimum atomic E-state index is -0.210. The van der Waals surface area contributed by atoms with E-state index in [2.05, 4.69) is 34.5 Å². The van der Waals surface area contributed by atoms with E-state index in [4.69, 9.17) is 4.74 Å². The third kappa shape index (κ3) is 7.44. The summed E-state index contributed by atoms with van der Waals surface area (Å²) in [4.78, 5) is 23.8. The molecule has 0 aromatic carbocycles. The number of carbonyl (C=O) groups excluding carboxylic acids is 1. The van der Waals surface area contributed by atoms with Crippen LogP contribution in [0.2, 0.25) is 0 Å². The lowest BCUT2D eigenvalue weighted by Crippen LogP contribution is -2.50. The molecule has 2 heterocycles. The van der Waals surface area contributed by atoms with Gasteiger partial charge in [-0.05, 0) is 33.1 Å². The number of hydrogen-bond acceptors (Lipinski definition) is 5. The molecule has 0 unspecified atom stereocenters. The van der Waals surface area contributed by atoms with Crippen LogP contribution in [0.1, 0.15) is 42.3 Å². The van der Waals surface area contributed by atoms with Crippen LogP contribution >= 0.6 is 35.3 Å². The Morgan fingerprint density at radius 1 is 1.37 bits per heavy atom. The van der Waals surface area contributed by atoms with Gasteiger partial charge in [-0.2, -0.15) is 0 Å². The number of aromatic nitrogens is 1. The Morgan fingerprint density at radius 2 is 2.07 bits per heavy atom. The number of thiazole rings is 1. The van der Waals surface area contributed by atoms with Gasteiger partial charge in [0.15, 0.2) is 5.96 Å². The molecular formula is C18H32IN5O2S. The number of aryl methyl sites for hydroxylation is 2. The summed E-state index contributed by atoms with van der Waals surface area (Å²) in [5.74, 6) is 0.809. The number of nitrogens with one attached hydrogen (secondary N) is 2. The Balaban J connectivity index is 0.00000364. The van der Waals surface area contributed by atoms with Gasteiger partial charge in [0, 0.05) is 44.0 Å². The molecule has 2 N–H and O–H groups in total. The van der Waals surface area contributed by atoms with Gasteiger partial charge in [-0.3, -0.25) is 4.99 Å². The van der Waals surface area contributed by atoms with Crippen LogP contribution in [0.3, 0.4) is 0 Å². The number of piperidine rings is 1. The fourth-order valence-electron chi connectivity index (χ4n) is 3.02. The lowest BCUT2D eigenvalue weighted by molar-refractivity contribution is 0.0963. The number of hydrogen-bond donors (Lipinski definition) is 2. The van der Waals surface area contributed by atoms with Gasteiger partial charge in [-0.1, -0.05) is 6.92 Å². The summed E-state index contributed by atoms with van der Waals surface area (Å²) in [6.45, 7) is 8.76. The molecule has 1 aromatic rings. The average Bonchev–Trinajstić information content (AvgIpc) is 3.01. The van der Waals surface area contributed by atoms with Crippen molar-refractivity contribution in [1.29, 1.82) is 0 Å². The van der Waals surface area contributed by atoms with Crippen molar-refractivity contribution in [3.05, 3.63) is 15.6 Å². The second kappa shape index (κ2) is 12.4. The molecule has 1 fully saturated rings. The largest absolute Gasteiger partial charge is 0.450 e. The van der Waals surface area contributed by atoms with Crippen LogP contribution < -0.4 is 10.6 Å². The molecule has 1 saturated heterocycles. The Morgan fingerprint density at radius 3 is 2.63 bits per heavy atom. The standard InChI is InChI=1S/C18H31N5O2S.HI/c1-5-15-13(3)26-16(22-15)7-10-20-17(19-4)21-14-8-11-23(12-9-14)18(24)25-6-2;/h14H,5-12H2,1-4H3,(H2,19,20,21);1H. The maximum Gasteiger partial charge on any atom is 0.409 e. The highest BCUT2D eigenvalue weighted by Gasteiger charge is 2.24. The molecule has 0 spiro atoms. The van der Waals surface area contributed by atoms with Crippen LogP contribution in [0.5, 0.6) is 0 Å². The first-order valence-corrected chi connectivity index (χ1v) is 10.2. The molecule has 1 aliphatic heterocycles. The Kier molecular flexibility index (Phi) is 11.0. The summed E-state index contributed by atoms with van der Waals surface area (Å²) in [7, 11) is 1.78. The molecule has 0 radical (unpaired) electrons. The van der Waals surface area contributed by atoms with Crippen LogP contribution in [0.4, 0.5) is 4.79 Å². The highest BCUT2D eigenvalue weighted by Crippen LogP contribution is 2.18. The van der Waals surface area contributed by atoms with E-state index in [0.717, 1.165) is 38.2 Å². The molecular weight excluding hydrogens is 477 g/mol. The predicted molar refractivity (Wildman–Crippen MR) is 121 cm³/mol. The van der Waals surface area contributed by atoms with Crippen LogP contribution in [0.25, 0.3) is 0 Å². The quantitative estimate of drug-likeness (QED) is 0.350. The van der Waals surface area contributed by atoms with Crippen LogP contribution in [-0.4, -0.2) is 61.3 Å². The SMILES string of the molecule is CCOC(=O)N1CCC(NC(=NC)NCCc2nc(CC)c(C)s2)CC1.I. The first-order valence-electron chi connectivity index (χ1n) is 9.41. The van der Waals surface area contributed by atoms with Gasteiger partial charge >= 0.3 is 6.09 Å². The lowest BCUT2D eigenvalue weighted by atomic mass is 10.1. The van der Waals surface area contributed by atoms with Crippen LogP contribution in [0.15, 0.2) is 4.99 Å². The number of halogens is 1. The smallest absolute Gasteiger partial charge is 0.409 e. The maximum absolute atomic E-state index is 11.7. The third-order valence-corrected chi connectivity index (χ3v) is 5.56. The van der Waals surface area contributed by atoms with Crippen molar-refractivity contribution in [2.24, 2.45) is 4.99 Å². The molecule has 1 aliphatic rings. The van der Waals surface area contributed by atoms with Gasteiger partial charge in [-0.25, -0.2) is 9.78 Å². The first-order chi connectivity index (χ1) is 12.6. The molecule has 0 bridgehead atoms. The number of carbonyl (C=O) groups is 1. The molecule has 27 heavy (non-hydrogen) atoms. The number of nitrogens with zero attached hydrogens (tertiary/aromatic N) is 3. The van der Waals surface area contributed by atoms with E-state index >= 15 is 0 Å². The van der Waals surface area contributed by atoms with Gasteiger partial charge in [0.1, 0.15) is 0 Å². The number of rotatable bonds is 6. The number of amides is 1. The van der Waals surface area contributed by atoms with Gasteiger partial charge in [0.25, 0.3) is 0 Å². The Bertz CT molecular complexity index is 615. The van der Waals surface area contributed by atoms with Gasteiger partial charge in [0.2, 0.25) is 0 Å². The Hall–Kier alpha value is -1.10. The molecule has 0 aliphatic carbocycles. The minimum absolute atomic E-state index is 0. The van der Waals surface area contributed by atoms with Gasteiger partial charge in [-0.15, -0.1) is 35.3 Å². The normalized spacial score (nSPS) is 15.3. The fourth-order valence-corrected chi connectivity index (χ4v) is 4.04. The van der Waals surface area contributed by atoms with Gasteiger partial charge in [0.05, 0.1) is 17.3 Å². The third-order valence-electron chi connectivity index (χ3n) is 4.49. The average molecular weight is 509 g/mol. The maximum atomic E-state index is 11.7. The fraction of sp³-hybridized carbons (Fsp3) is 0.722. The van der Waals surface area contributed by atoms with E-state index in [1.807, 2.05) is 6.92 Å². The summed E-state index contributed by atoms with van der Waals surface area (Å²) in [6, 6.07) is 0.320. The second-order valence-corrected chi connectivity index (χ2v) is 7.61. The molecule has 154 valence electrons. The van der Waals surface area contributed by atoms with Crippen molar-refractivity contribution in [2.75, 3.05) is 33.3 Å². The summed E-state index contributed by atoms with van der Waals surface area (Å²) < 4.78 is 5.06. The van der Waals surface area contributed by atoms with Crippen LogP contribution in [0, 0.1) is 6.92 Å². The van der Waals surface area contributed by atoms with Crippen molar-refractivity contribution in [3.63, 3.8) is 0 Å². The zero-order chi connectivity index (χ0) is 18.9. The molecule has 1 amide bonds. The molecule has 0 saturated carbocycles. The summed E-state index contributed by atoms with van der Waals surface area (Å²) >= 11 is 1.78. The number of guanidine groups is 1. The van der Waals surface area contributed by atoms with Crippen molar-refractivity contribution < 1.29 is 9.53 Å². The van der Waals surface area contributed by atoms with E-state index in [1.165, 1.54) is 15.6 Å². The van der Waals surface area contributed by atoms with Crippen molar-refractivity contribution in [3.8, 4) is 0 Å². The van der Waals surface area contributed by atoms with E-state index in [1.54, 1.807) is 23.3 Å². The van der Waals surface area contributed by atoms with E-state index in [-0.39, 0.29) is 30.1 Å². The number of likely N-dealkylation sites (tertiary alicyclic amines) is 1. The lowest BCUT2D eigenvalue weighted by Gasteiger charge is -2.32. The predicted octanol–water partition coefficient (Wildman–Crippen LogP) is 2.96. The summed E-state index contributed by atoms with van der Waals surface area (Å²) in [6.07, 6.45) is 3.46. The summed E-state index contributed by atoms with van der Waals surface area (Å²) in [5.41, 5.74) is 1.21.